The number of rotatable bonds is 3. The Balaban J connectivity index is 1.65. The molecule has 3 atom stereocenters. The molecule has 0 aromatic rings. The van der Waals surface area contributed by atoms with Crippen molar-refractivity contribution < 1.29 is 4.74 Å². The molecule has 21 heavy (non-hydrogen) atoms. The molecule has 0 amide bonds. The summed E-state index contributed by atoms with van der Waals surface area (Å²) in [6.45, 7) is 7.16. The molecule has 5 fully saturated rings. The van der Waals surface area contributed by atoms with E-state index in [-0.39, 0.29) is 0 Å². The third-order valence-electron chi connectivity index (χ3n) is 7.38. The minimum absolute atomic E-state index is 0.583. The van der Waals surface area contributed by atoms with Gasteiger partial charge in [0.05, 0.1) is 0 Å². The van der Waals surface area contributed by atoms with Crippen LogP contribution in [0.4, 0.5) is 0 Å². The number of nitrogens with one attached hydrogen (secondary N) is 1. The fraction of sp³-hybridized carbons (Fsp3) is 1.00. The Morgan fingerprint density at radius 3 is 2.10 bits per heavy atom. The van der Waals surface area contributed by atoms with Gasteiger partial charge in [0, 0.05) is 19.3 Å². The molecule has 0 radical (unpaired) electrons. The summed E-state index contributed by atoms with van der Waals surface area (Å²) in [5.41, 5.74) is 1.85. The lowest BCUT2D eigenvalue weighted by Gasteiger charge is -2.68. The second-order valence-electron chi connectivity index (χ2n) is 9.71. The van der Waals surface area contributed by atoms with Crippen molar-refractivity contribution in [1.82, 2.24) is 5.32 Å². The molecule has 4 bridgehead atoms. The quantitative estimate of drug-likeness (QED) is 0.848. The Kier molecular flexibility index (Phi) is 3.25. The maximum atomic E-state index is 5.63. The predicted molar refractivity (Wildman–Crippen MR) is 86.2 cm³/mol. The van der Waals surface area contributed by atoms with Crippen LogP contribution in [0.25, 0.3) is 0 Å². The molecule has 1 heterocycles. The lowest BCUT2D eigenvalue weighted by atomic mass is 9.38. The molecule has 3 unspecified atom stereocenters. The highest BCUT2D eigenvalue weighted by molar-refractivity contribution is 5.14. The van der Waals surface area contributed by atoms with Gasteiger partial charge < -0.3 is 10.1 Å². The lowest BCUT2D eigenvalue weighted by Crippen LogP contribution is -2.63. The van der Waals surface area contributed by atoms with Gasteiger partial charge in [-0.25, -0.2) is 0 Å². The van der Waals surface area contributed by atoms with E-state index < -0.39 is 0 Å². The molecular weight excluding hydrogens is 258 g/mol. The third kappa shape index (κ3) is 2.28. The Hall–Kier alpha value is -0.0800. The van der Waals surface area contributed by atoms with E-state index in [0.29, 0.717) is 16.2 Å². The molecule has 2 heteroatoms. The highest BCUT2D eigenvalue weighted by Crippen LogP contribution is 2.71. The van der Waals surface area contributed by atoms with Gasteiger partial charge in [-0.3, -0.25) is 0 Å². The first kappa shape index (κ1) is 14.5. The van der Waals surface area contributed by atoms with E-state index in [0.717, 1.165) is 31.1 Å². The molecule has 1 aliphatic heterocycles. The van der Waals surface area contributed by atoms with Gasteiger partial charge in [-0.05, 0) is 86.5 Å². The summed E-state index contributed by atoms with van der Waals surface area (Å²) in [7, 11) is 2.23. The summed E-state index contributed by atoms with van der Waals surface area (Å²) in [4.78, 5) is 0. The fourth-order valence-corrected chi connectivity index (χ4v) is 7.97. The van der Waals surface area contributed by atoms with Crippen LogP contribution >= 0.6 is 0 Å². The Bertz CT molecular complexity index is 396. The molecule has 2 nitrogen and oxygen atoms in total. The second-order valence-corrected chi connectivity index (χ2v) is 9.71. The third-order valence-corrected chi connectivity index (χ3v) is 7.38. The molecule has 0 aromatic heterocycles. The highest BCUT2D eigenvalue weighted by Gasteiger charge is 2.62. The molecule has 4 saturated carbocycles. The number of ether oxygens (including phenoxy) is 1. The van der Waals surface area contributed by atoms with Gasteiger partial charge in [0.25, 0.3) is 0 Å². The normalized spacial score (nSPS) is 51.3. The van der Waals surface area contributed by atoms with Crippen LogP contribution in [0.15, 0.2) is 0 Å². The monoisotopic (exact) mass is 291 g/mol. The van der Waals surface area contributed by atoms with E-state index in [1.54, 1.807) is 0 Å². The van der Waals surface area contributed by atoms with E-state index in [1.807, 2.05) is 0 Å². The topological polar surface area (TPSA) is 21.3 Å². The van der Waals surface area contributed by atoms with Crippen molar-refractivity contribution in [3.05, 3.63) is 0 Å². The van der Waals surface area contributed by atoms with Crippen LogP contribution in [0.3, 0.4) is 0 Å². The maximum absolute atomic E-state index is 5.63. The average Bonchev–Trinajstić information content (AvgIpc) is 2.36. The van der Waals surface area contributed by atoms with Gasteiger partial charge in [0.15, 0.2) is 0 Å². The highest BCUT2D eigenvalue weighted by atomic mass is 16.5. The SMILES string of the molecule is CNC(C1CCOCC1)C12CC3CC(C)(CC(C)(C3)C1)C2. The van der Waals surface area contributed by atoms with E-state index in [2.05, 4.69) is 26.2 Å². The van der Waals surface area contributed by atoms with Crippen LogP contribution in [-0.2, 0) is 4.74 Å². The Morgan fingerprint density at radius 1 is 0.952 bits per heavy atom. The molecule has 1 saturated heterocycles. The van der Waals surface area contributed by atoms with Crippen LogP contribution < -0.4 is 5.32 Å². The number of hydrogen-bond acceptors (Lipinski definition) is 2. The van der Waals surface area contributed by atoms with Crippen LogP contribution in [0, 0.1) is 28.1 Å². The minimum atomic E-state index is 0.583. The number of hydrogen-bond donors (Lipinski definition) is 1. The summed E-state index contributed by atoms with van der Waals surface area (Å²) in [6.07, 6.45) is 11.5. The maximum Gasteiger partial charge on any atom is 0.0469 e. The Labute approximate surface area is 130 Å². The summed E-state index contributed by atoms with van der Waals surface area (Å²) >= 11 is 0. The van der Waals surface area contributed by atoms with E-state index >= 15 is 0 Å². The van der Waals surface area contributed by atoms with Gasteiger partial charge in [0.2, 0.25) is 0 Å². The molecule has 120 valence electrons. The van der Waals surface area contributed by atoms with Crippen LogP contribution in [0.1, 0.15) is 65.2 Å². The van der Waals surface area contributed by atoms with Gasteiger partial charge in [-0.1, -0.05) is 13.8 Å². The molecule has 1 N–H and O–H groups in total. The second kappa shape index (κ2) is 4.71. The van der Waals surface area contributed by atoms with Crippen molar-refractivity contribution in [2.45, 2.75) is 71.3 Å². The molecule has 0 spiro atoms. The first-order valence-corrected chi connectivity index (χ1v) is 9.21. The standard InChI is InChI=1S/C19H33NO/c1-17-8-14-9-18(2,11-17)13-19(10-14,12-17)16(20-3)15-4-6-21-7-5-15/h14-16,20H,4-13H2,1-3H3. The minimum Gasteiger partial charge on any atom is -0.381 e. The van der Waals surface area contributed by atoms with Crippen molar-refractivity contribution in [3.8, 4) is 0 Å². The summed E-state index contributed by atoms with van der Waals surface area (Å²) in [5.74, 6) is 1.85. The predicted octanol–water partition coefficient (Wildman–Crippen LogP) is 4.00. The zero-order valence-electron chi connectivity index (χ0n) is 14.2. The summed E-state index contributed by atoms with van der Waals surface area (Å²) in [5, 5.41) is 3.81. The summed E-state index contributed by atoms with van der Waals surface area (Å²) < 4.78 is 5.63. The van der Waals surface area contributed by atoms with Gasteiger partial charge in [-0.15, -0.1) is 0 Å². The van der Waals surface area contributed by atoms with Crippen LogP contribution in [-0.4, -0.2) is 26.3 Å². The van der Waals surface area contributed by atoms with E-state index in [4.69, 9.17) is 4.74 Å². The van der Waals surface area contributed by atoms with Gasteiger partial charge in [-0.2, -0.15) is 0 Å². The van der Waals surface area contributed by atoms with Crippen molar-refractivity contribution in [2.24, 2.45) is 28.1 Å². The van der Waals surface area contributed by atoms with Crippen molar-refractivity contribution in [1.29, 1.82) is 0 Å². The van der Waals surface area contributed by atoms with Crippen molar-refractivity contribution >= 4 is 0 Å². The first-order chi connectivity index (χ1) is 9.96. The summed E-state index contributed by atoms with van der Waals surface area (Å²) in [6, 6.07) is 0.725. The fourth-order valence-electron chi connectivity index (χ4n) is 7.97. The first-order valence-electron chi connectivity index (χ1n) is 9.21. The molecule has 5 aliphatic rings. The van der Waals surface area contributed by atoms with Crippen molar-refractivity contribution in [2.75, 3.05) is 20.3 Å². The van der Waals surface area contributed by atoms with E-state index in [1.165, 1.54) is 51.4 Å². The molecule has 0 aromatic carbocycles. The zero-order chi connectivity index (χ0) is 14.7. The largest absolute Gasteiger partial charge is 0.381 e. The van der Waals surface area contributed by atoms with Gasteiger partial charge >= 0.3 is 0 Å². The van der Waals surface area contributed by atoms with Crippen LogP contribution in [0.5, 0.6) is 0 Å². The van der Waals surface area contributed by atoms with Crippen molar-refractivity contribution in [3.63, 3.8) is 0 Å². The average molecular weight is 291 g/mol. The van der Waals surface area contributed by atoms with E-state index in [9.17, 15) is 0 Å². The Morgan fingerprint density at radius 2 is 1.57 bits per heavy atom. The molecular formula is C19H33NO. The molecule has 4 aliphatic carbocycles. The van der Waals surface area contributed by atoms with Gasteiger partial charge in [0.1, 0.15) is 0 Å². The van der Waals surface area contributed by atoms with Crippen LogP contribution in [0.2, 0.25) is 0 Å². The zero-order valence-corrected chi connectivity index (χ0v) is 14.2. The smallest absolute Gasteiger partial charge is 0.0469 e. The molecule has 5 rings (SSSR count). The lowest BCUT2D eigenvalue weighted by molar-refractivity contribution is -0.166.